The summed E-state index contributed by atoms with van der Waals surface area (Å²) < 4.78 is 27.8. The van der Waals surface area contributed by atoms with Crippen LogP contribution in [0.2, 0.25) is 0 Å². The van der Waals surface area contributed by atoms with E-state index in [-0.39, 0.29) is 6.61 Å². The number of unbranched alkanes of at least 4 members (excludes halogenated alkanes) is 7. The highest BCUT2D eigenvalue weighted by Gasteiger charge is 2.51. The van der Waals surface area contributed by atoms with E-state index in [9.17, 15) is 19.2 Å². The number of rotatable bonds is 15. The molecule has 0 bridgehead atoms. The molecule has 1 amide bonds. The number of nitrogens with one attached hydrogen (secondary N) is 1. The van der Waals surface area contributed by atoms with E-state index in [0.29, 0.717) is 6.61 Å². The first kappa shape index (κ1) is 29.8. The van der Waals surface area contributed by atoms with Crippen molar-refractivity contribution in [3.63, 3.8) is 0 Å². The van der Waals surface area contributed by atoms with Crippen molar-refractivity contribution in [1.82, 2.24) is 5.32 Å². The molecule has 196 valence electrons. The minimum absolute atomic E-state index is 0.241. The van der Waals surface area contributed by atoms with Gasteiger partial charge in [-0.05, 0) is 6.42 Å². The van der Waals surface area contributed by atoms with Crippen molar-refractivity contribution in [3.8, 4) is 0 Å². The number of esters is 3. The summed E-state index contributed by atoms with van der Waals surface area (Å²) in [5.74, 6) is -2.22. The highest BCUT2D eigenvalue weighted by molar-refractivity contribution is 5.73. The fraction of sp³-hybridized carbons (Fsp3) is 0.833. The number of carbonyl (C=O) groups excluding carboxylic acids is 4. The molecular formula is C24H41NO9. The maximum absolute atomic E-state index is 11.9. The van der Waals surface area contributed by atoms with Gasteiger partial charge in [-0.3, -0.25) is 19.2 Å². The van der Waals surface area contributed by atoms with Crippen LogP contribution >= 0.6 is 0 Å². The van der Waals surface area contributed by atoms with Gasteiger partial charge < -0.3 is 29.0 Å². The first-order valence-electron chi connectivity index (χ1n) is 12.2. The first-order valence-corrected chi connectivity index (χ1v) is 12.2. The third-order valence-corrected chi connectivity index (χ3v) is 5.35. The molecule has 0 unspecified atom stereocenters. The molecule has 34 heavy (non-hydrogen) atoms. The number of hydrogen-bond acceptors (Lipinski definition) is 9. The Morgan fingerprint density at radius 3 is 1.85 bits per heavy atom. The molecular weight excluding hydrogens is 446 g/mol. The summed E-state index contributed by atoms with van der Waals surface area (Å²) in [4.78, 5) is 46.8. The van der Waals surface area contributed by atoms with Crippen LogP contribution in [-0.2, 0) is 42.9 Å². The summed E-state index contributed by atoms with van der Waals surface area (Å²) >= 11 is 0. The summed E-state index contributed by atoms with van der Waals surface area (Å²) in [5.41, 5.74) is 0. The lowest BCUT2D eigenvalue weighted by Crippen LogP contribution is -2.66. The van der Waals surface area contributed by atoms with E-state index < -0.39 is 54.5 Å². The fourth-order valence-corrected chi connectivity index (χ4v) is 3.87. The SMILES string of the molecule is CCCCCCCCCCO[C@@H]1O[C@H](COC(C)=O)[C@H](OC(C)=O)[C@@H](OC(C)=O)[C@H]1NC(C)=O. The molecule has 5 atom stereocenters. The van der Waals surface area contributed by atoms with Gasteiger partial charge in [0.1, 0.15) is 18.8 Å². The fourth-order valence-electron chi connectivity index (χ4n) is 3.87. The quantitative estimate of drug-likeness (QED) is 0.211. The van der Waals surface area contributed by atoms with Crippen LogP contribution in [0.1, 0.15) is 86.0 Å². The Balaban J connectivity index is 2.89. The molecule has 0 saturated carbocycles. The van der Waals surface area contributed by atoms with Gasteiger partial charge in [0, 0.05) is 34.3 Å². The van der Waals surface area contributed by atoms with Crippen molar-refractivity contribution in [1.29, 1.82) is 0 Å². The van der Waals surface area contributed by atoms with E-state index in [2.05, 4.69) is 12.2 Å². The molecule has 1 heterocycles. The summed E-state index contributed by atoms with van der Waals surface area (Å²) in [6.07, 6.45) is 4.88. The Labute approximate surface area is 202 Å². The van der Waals surface area contributed by atoms with Crippen molar-refractivity contribution < 1.29 is 42.9 Å². The van der Waals surface area contributed by atoms with Gasteiger partial charge >= 0.3 is 17.9 Å². The van der Waals surface area contributed by atoms with E-state index in [4.69, 9.17) is 23.7 Å². The third kappa shape index (κ3) is 11.8. The van der Waals surface area contributed by atoms with Gasteiger partial charge in [0.25, 0.3) is 0 Å². The Kier molecular flexibility index (Phi) is 14.4. The van der Waals surface area contributed by atoms with Crippen LogP contribution < -0.4 is 5.32 Å². The van der Waals surface area contributed by atoms with Crippen LogP contribution in [0.4, 0.5) is 0 Å². The molecule has 1 aliphatic heterocycles. The van der Waals surface area contributed by atoms with Gasteiger partial charge in [0.15, 0.2) is 18.5 Å². The summed E-state index contributed by atoms with van der Waals surface area (Å²) in [5, 5.41) is 2.69. The Bertz CT molecular complexity index is 654. The third-order valence-electron chi connectivity index (χ3n) is 5.35. The van der Waals surface area contributed by atoms with Crippen LogP contribution in [0.15, 0.2) is 0 Å². The standard InChI is InChI=1S/C24H41NO9/c1-6-7-8-9-10-11-12-13-14-30-24-21(25-16(2)26)23(33-19(5)29)22(32-18(4)28)20(34-24)15-31-17(3)27/h20-24H,6-15H2,1-5H3,(H,25,26)/t20-,21-,22+,23+,24-/m1/s1. The van der Waals surface area contributed by atoms with E-state index in [1.807, 2.05) is 0 Å². The molecule has 10 nitrogen and oxygen atoms in total. The highest BCUT2D eigenvalue weighted by Crippen LogP contribution is 2.28. The normalized spacial score (nSPS) is 24.2. The second kappa shape index (κ2) is 16.4. The lowest BCUT2D eigenvalue weighted by atomic mass is 9.96. The Hall–Kier alpha value is -2.20. The largest absolute Gasteiger partial charge is 0.463 e. The molecule has 1 fully saturated rings. The summed E-state index contributed by atoms with van der Waals surface area (Å²) in [7, 11) is 0. The van der Waals surface area contributed by atoms with Gasteiger partial charge in [-0.25, -0.2) is 0 Å². The van der Waals surface area contributed by atoms with Gasteiger partial charge in [-0.15, -0.1) is 0 Å². The molecule has 0 radical (unpaired) electrons. The van der Waals surface area contributed by atoms with E-state index in [0.717, 1.165) is 19.3 Å². The Morgan fingerprint density at radius 2 is 1.32 bits per heavy atom. The number of ether oxygens (including phenoxy) is 5. The van der Waals surface area contributed by atoms with Gasteiger partial charge in [-0.1, -0.05) is 51.9 Å². The van der Waals surface area contributed by atoms with E-state index >= 15 is 0 Å². The lowest BCUT2D eigenvalue weighted by Gasteiger charge is -2.44. The average molecular weight is 488 g/mol. The predicted molar refractivity (Wildman–Crippen MR) is 123 cm³/mol. The molecule has 0 aromatic heterocycles. The molecule has 0 aliphatic carbocycles. The number of amides is 1. The Morgan fingerprint density at radius 1 is 0.765 bits per heavy atom. The van der Waals surface area contributed by atoms with Crippen molar-refractivity contribution in [2.45, 2.75) is 117 Å². The maximum atomic E-state index is 11.9. The van der Waals surface area contributed by atoms with Crippen molar-refractivity contribution in [2.24, 2.45) is 0 Å². The van der Waals surface area contributed by atoms with Crippen LogP contribution in [0, 0.1) is 0 Å². The monoisotopic (exact) mass is 487 g/mol. The molecule has 1 N–H and O–H groups in total. The van der Waals surface area contributed by atoms with Gasteiger partial charge in [0.05, 0.1) is 0 Å². The van der Waals surface area contributed by atoms with E-state index in [1.54, 1.807) is 0 Å². The molecule has 1 aliphatic rings. The highest BCUT2D eigenvalue weighted by atomic mass is 16.7. The van der Waals surface area contributed by atoms with E-state index in [1.165, 1.54) is 59.8 Å². The predicted octanol–water partition coefficient (Wildman–Crippen LogP) is 2.80. The second-order valence-corrected chi connectivity index (χ2v) is 8.57. The maximum Gasteiger partial charge on any atom is 0.303 e. The minimum atomic E-state index is -1.11. The van der Waals surface area contributed by atoms with Gasteiger partial charge in [0.2, 0.25) is 5.91 Å². The molecule has 0 aromatic carbocycles. The number of hydrogen-bond donors (Lipinski definition) is 1. The zero-order valence-corrected chi connectivity index (χ0v) is 21.1. The van der Waals surface area contributed by atoms with Crippen molar-refractivity contribution in [2.75, 3.05) is 13.2 Å². The summed E-state index contributed by atoms with van der Waals surface area (Å²) in [6, 6.07) is -0.923. The molecule has 0 spiro atoms. The molecule has 1 saturated heterocycles. The molecule has 10 heteroatoms. The minimum Gasteiger partial charge on any atom is -0.463 e. The molecule has 1 rings (SSSR count). The first-order chi connectivity index (χ1) is 16.1. The summed E-state index contributed by atoms with van der Waals surface area (Å²) in [6.45, 7) is 7.27. The zero-order chi connectivity index (χ0) is 25.5. The van der Waals surface area contributed by atoms with Crippen LogP contribution in [0.3, 0.4) is 0 Å². The smallest absolute Gasteiger partial charge is 0.303 e. The van der Waals surface area contributed by atoms with Gasteiger partial charge in [-0.2, -0.15) is 0 Å². The number of carbonyl (C=O) groups is 4. The van der Waals surface area contributed by atoms with Crippen molar-refractivity contribution >= 4 is 23.8 Å². The van der Waals surface area contributed by atoms with Crippen molar-refractivity contribution in [3.05, 3.63) is 0 Å². The second-order valence-electron chi connectivity index (χ2n) is 8.57. The zero-order valence-electron chi connectivity index (χ0n) is 21.1. The lowest BCUT2D eigenvalue weighted by molar-refractivity contribution is -0.277. The van der Waals surface area contributed by atoms with Crippen LogP contribution in [0.25, 0.3) is 0 Å². The topological polar surface area (TPSA) is 126 Å². The molecule has 0 aromatic rings. The van der Waals surface area contributed by atoms with Crippen LogP contribution in [-0.4, -0.2) is 67.7 Å². The average Bonchev–Trinajstić information content (AvgIpc) is 2.74. The van der Waals surface area contributed by atoms with Crippen LogP contribution in [0.5, 0.6) is 0 Å².